The van der Waals surface area contributed by atoms with Crippen molar-refractivity contribution in [3.05, 3.63) is 16.2 Å². The van der Waals surface area contributed by atoms with Gasteiger partial charge in [-0.3, -0.25) is 9.13 Å². The van der Waals surface area contributed by atoms with Gasteiger partial charge in [-0.15, -0.1) is 0 Å². The van der Waals surface area contributed by atoms with Crippen molar-refractivity contribution >= 4 is 18.1 Å². The molecule has 2 atom stereocenters. The Balaban J connectivity index is 3.46. The van der Waals surface area contributed by atoms with Crippen LogP contribution in [0.2, 0.25) is 0 Å². The molecule has 2 unspecified atom stereocenters. The third kappa shape index (κ3) is 3.15. The fourth-order valence-electron chi connectivity index (χ4n) is 1.80. The highest BCUT2D eigenvalue weighted by atomic mass is 32.7. The van der Waals surface area contributed by atoms with Gasteiger partial charge in [0.05, 0.1) is 12.3 Å². The quantitative estimate of drug-likeness (QED) is 0.781. The van der Waals surface area contributed by atoms with Crippen molar-refractivity contribution in [1.29, 1.82) is 0 Å². The smallest absolute Gasteiger partial charge is 0.361 e. The number of aromatic nitrogens is 2. The van der Waals surface area contributed by atoms with E-state index < -0.39 is 12.4 Å². The monoisotopic (exact) mass is 322 g/mol. The lowest BCUT2D eigenvalue weighted by atomic mass is 10.4. The van der Waals surface area contributed by atoms with E-state index in [0.717, 1.165) is 26.7 Å². The zero-order chi connectivity index (χ0) is 15.5. The van der Waals surface area contributed by atoms with Crippen molar-refractivity contribution < 1.29 is 14.2 Å². The lowest BCUT2D eigenvalue weighted by molar-refractivity contribution is 0.338. The van der Waals surface area contributed by atoms with Crippen molar-refractivity contribution in [3.63, 3.8) is 0 Å². The Morgan fingerprint density at radius 1 is 1.40 bits per heavy atom. The van der Waals surface area contributed by atoms with Crippen molar-refractivity contribution in [3.8, 4) is 5.88 Å². The Morgan fingerprint density at radius 3 is 2.45 bits per heavy atom. The van der Waals surface area contributed by atoms with Gasteiger partial charge in [-0.05, 0) is 31.1 Å². The molecule has 0 radical (unpaired) electrons. The molecule has 0 saturated heterocycles. The molecule has 1 aromatic heterocycles. The van der Waals surface area contributed by atoms with Gasteiger partial charge in [0.1, 0.15) is 0 Å². The molecule has 0 bridgehead atoms. The predicted octanol–water partition coefficient (Wildman–Crippen LogP) is 2.98. The Bertz CT molecular complexity index is 567. The summed E-state index contributed by atoms with van der Waals surface area (Å²) in [6.45, 7) is 4.31. The highest BCUT2D eigenvalue weighted by Gasteiger charge is 2.35. The van der Waals surface area contributed by atoms with Crippen LogP contribution in [-0.2, 0) is 22.6 Å². The van der Waals surface area contributed by atoms with E-state index >= 15 is 0 Å². The summed E-state index contributed by atoms with van der Waals surface area (Å²) < 4.78 is 20.8. The van der Waals surface area contributed by atoms with E-state index in [4.69, 9.17) is 4.52 Å². The first-order valence-corrected chi connectivity index (χ1v) is 9.81. The zero-order valence-corrected chi connectivity index (χ0v) is 14.3. The molecule has 1 aromatic rings. The summed E-state index contributed by atoms with van der Waals surface area (Å²) in [5, 5.41) is 10.1. The normalized spacial score (nSPS) is 16.1. The van der Waals surface area contributed by atoms with Gasteiger partial charge in [-0.1, -0.05) is 20.8 Å². The highest BCUT2D eigenvalue weighted by Crippen LogP contribution is 2.62. The molecular formula is C12H23N2O4PS. The fourth-order valence-corrected chi connectivity index (χ4v) is 6.97. The topological polar surface area (TPSA) is 73.5 Å². The van der Waals surface area contributed by atoms with Crippen LogP contribution in [0.3, 0.4) is 0 Å². The van der Waals surface area contributed by atoms with Crippen molar-refractivity contribution in [1.82, 2.24) is 8.90 Å². The van der Waals surface area contributed by atoms with E-state index in [1.807, 2.05) is 13.8 Å². The van der Waals surface area contributed by atoms with Crippen LogP contribution < -0.4 is 5.69 Å². The van der Waals surface area contributed by atoms with Crippen LogP contribution in [0.5, 0.6) is 5.88 Å². The molecule has 116 valence electrons. The van der Waals surface area contributed by atoms with Crippen LogP contribution in [0.1, 0.15) is 39.8 Å². The van der Waals surface area contributed by atoms with E-state index in [1.165, 1.54) is 7.05 Å². The van der Waals surface area contributed by atoms with Crippen LogP contribution in [0.4, 0.5) is 0 Å². The first-order valence-electron chi connectivity index (χ1n) is 6.75. The number of hydrogen-bond acceptors (Lipinski definition) is 5. The van der Waals surface area contributed by atoms with E-state index in [-0.39, 0.29) is 17.7 Å². The lowest BCUT2D eigenvalue weighted by Crippen LogP contribution is -2.22. The fraction of sp³-hybridized carbons (Fsp3) is 0.750. The zero-order valence-electron chi connectivity index (χ0n) is 12.6. The average molecular weight is 322 g/mol. The average Bonchev–Trinajstić information content (AvgIpc) is 2.63. The Kier molecular flexibility index (Phi) is 5.98. The summed E-state index contributed by atoms with van der Waals surface area (Å²) in [4.78, 5) is 12.3. The molecule has 0 aliphatic heterocycles. The van der Waals surface area contributed by atoms with Crippen LogP contribution in [0.25, 0.3) is 0 Å². The number of rotatable bonds is 7. The largest absolute Gasteiger partial charge is 0.493 e. The van der Waals surface area contributed by atoms with Crippen LogP contribution in [0, 0.1) is 0 Å². The summed E-state index contributed by atoms with van der Waals surface area (Å²) in [5.74, 6) is -0.151. The van der Waals surface area contributed by atoms with Gasteiger partial charge < -0.3 is 9.63 Å². The third-order valence-electron chi connectivity index (χ3n) is 3.06. The van der Waals surface area contributed by atoms with E-state index in [1.54, 1.807) is 13.8 Å². The Labute approximate surface area is 123 Å². The molecule has 0 saturated carbocycles. The summed E-state index contributed by atoms with van der Waals surface area (Å²) in [6.07, 6.45) is 1.22. The van der Waals surface area contributed by atoms with E-state index in [0.29, 0.717) is 12.1 Å². The van der Waals surface area contributed by atoms with Gasteiger partial charge >= 0.3 is 12.4 Å². The predicted molar refractivity (Wildman–Crippen MR) is 82.7 cm³/mol. The molecule has 0 spiro atoms. The molecule has 0 aromatic carbocycles. The molecule has 6 nitrogen and oxygen atoms in total. The molecule has 1 rings (SSSR count). The van der Waals surface area contributed by atoms with Crippen LogP contribution >= 0.6 is 18.1 Å². The maximum absolute atomic E-state index is 13.1. The lowest BCUT2D eigenvalue weighted by Gasteiger charge is -2.21. The van der Waals surface area contributed by atoms with Crippen molar-refractivity contribution in [2.24, 2.45) is 7.05 Å². The van der Waals surface area contributed by atoms with Gasteiger partial charge in [-0.25, -0.2) is 9.13 Å². The Morgan fingerprint density at radius 2 is 2.00 bits per heavy atom. The molecule has 0 fully saturated rings. The molecule has 0 aliphatic carbocycles. The second-order valence-electron chi connectivity index (χ2n) is 4.49. The van der Waals surface area contributed by atoms with Crippen LogP contribution in [0.15, 0.2) is 4.79 Å². The van der Waals surface area contributed by atoms with Gasteiger partial charge in [0.25, 0.3) is 0 Å². The Hall–Kier alpha value is -0.650. The van der Waals surface area contributed by atoms with Gasteiger partial charge in [0, 0.05) is 12.3 Å². The maximum atomic E-state index is 13.1. The number of imidazole rings is 1. The molecule has 0 aliphatic rings. The van der Waals surface area contributed by atoms with Crippen LogP contribution in [-0.4, -0.2) is 25.9 Å². The minimum absolute atomic E-state index is 0.0892. The van der Waals surface area contributed by atoms with Crippen molar-refractivity contribution in [2.45, 2.75) is 45.8 Å². The highest BCUT2D eigenvalue weighted by molar-refractivity contribution is 8.56. The molecular weight excluding hydrogens is 299 g/mol. The maximum Gasteiger partial charge on any atom is 0.361 e. The summed E-state index contributed by atoms with van der Waals surface area (Å²) >= 11 is 1.16. The van der Waals surface area contributed by atoms with Crippen molar-refractivity contribution in [2.75, 3.05) is 6.61 Å². The standard InChI is InChI=1S/C12H23N2O4PS/c1-6-9(4)20-19(17,18-8-3)14-10(7-2)11(15)13(5)12(14)16/h9,15H,6-8H2,1-5H3. The summed E-state index contributed by atoms with van der Waals surface area (Å²) in [6, 6.07) is 0. The second kappa shape index (κ2) is 6.87. The van der Waals surface area contributed by atoms with E-state index in [2.05, 4.69) is 0 Å². The number of hydrogen-bond donors (Lipinski definition) is 1. The second-order valence-corrected chi connectivity index (χ2v) is 9.12. The van der Waals surface area contributed by atoms with Gasteiger partial charge in [-0.2, -0.15) is 0 Å². The molecule has 20 heavy (non-hydrogen) atoms. The molecule has 1 N–H and O–H groups in total. The van der Waals surface area contributed by atoms with E-state index in [9.17, 15) is 14.5 Å². The SMILES string of the molecule is CCOP(=O)(SC(C)CC)n1c(CC)c(O)n(C)c1=O. The van der Waals surface area contributed by atoms with Gasteiger partial charge in [0.2, 0.25) is 5.88 Å². The van der Waals surface area contributed by atoms with Gasteiger partial charge in [0.15, 0.2) is 0 Å². The first kappa shape index (κ1) is 17.4. The first-order chi connectivity index (χ1) is 9.32. The molecule has 0 amide bonds. The number of aromatic hydroxyl groups is 1. The minimum Gasteiger partial charge on any atom is -0.493 e. The minimum atomic E-state index is -3.40. The molecule has 8 heteroatoms. The summed E-state index contributed by atoms with van der Waals surface area (Å²) in [7, 11) is 1.46. The number of nitrogens with zero attached hydrogens (tertiary/aromatic N) is 2. The summed E-state index contributed by atoms with van der Waals surface area (Å²) in [5.41, 5.74) is -0.156. The third-order valence-corrected chi connectivity index (χ3v) is 8.19. The molecule has 1 heterocycles.